The maximum Gasteiger partial charge on any atom is 0.237 e. The van der Waals surface area contributed by atoms with E-state index in [1.165, 1.54) is 16.5 Å². The number of hydrogen-bond acceptors (Lipinski definition) is 3. The van der Waals surface area contributed by atoms with Crippen LogP contribution in [0.1, 0.15) is 12.0 Å². The Hall–Kier alpha value is -2.47. The van der Waals surface area contributed by atoms with Crippen molar-refractivity contribution in [3.63, 3.8) is 0 Å². The standard InChI is InChI=1S/C25H26Cl2N4O/c26-21-5-3-6-22(27)25(21)31-14-12-29(13-15-31)17-24(32)30-10-8-18(9-11-30)20-16-28-23-7-2-1-4-19(20)23/h1-8,16,28H,9-15,17H2. The number of fused-ring (bicyclic) bond motifs is 1. The monoisotopic (exact) mass is 468 g/mol. The van der Waals surface area contributed by atoms with Gasteiger partial charge >= 0.3 is 0 Å². The molecule has 0 saturated carbocycles. The summed E-state index contributed by atoms with van der Waals surface area (Å²) in [4.78, 5) is 22.7. The Labute approximate surface area is 198 Å². The summed E-state index contributed by atoms with van der Waals surface area (Å²) in [7, 11) is 0. The van der Waals surface area contributed by atoms with Gasteiger partial charge in [0.25, 0.3) is 0 Å². The Balaban J connectivity index is 1.16. The molecule has 7 heteroatoms. The molecule has 0 atom stereocenters. The molecule has 0 unspecified atom stereocenters. The van der Waals surface area contributed by atoms with Crippen molar-refractivity contribution in [1.82, 2.24) is 14.8 Å². The maximum absolute atomic E-state index is 12.9. The lowest BCUT2D eigenvalue weighted by Crippen LogP contribution is -2.50. The third-order valence-electron chi connectivity index (χ3n) is 6.48. The molecule has 1 N–H and O–H groups in total. The summed E-state index contributed by atoms with van der Waals surface area (Å²) in [6.45, 7) is 5.14. The van der Waals surface area contributed by atoms with Gasteiger partial charge in [0.1, 0.15) is 0 Å². The van der Waals surface area contributed by atoms with E-state index < -0.39 is 0 Å². The van der Waals surface area contributed by atoms with E-state index in [9.17, 15) is 4.79 Å². The molecule has 5 rings (SSSR count). The van der Waals surface area contributed by atoms with E-state index in [1.54, 1.807) is 0 Å². The van der Waals surface area contributed by atoms with Crippen LogP contribution in [0.25, 0.3) is 16.5 Å². The third-order valence-corrected chi connectivity index (χ3v) is 7.09. The minimum absolute atomic E-state index is 0.198. The molecule has 166 valence electrons. The minimum atomic E-state index is 0.198. The first-order valence-corrected chi connectivity index (χ1v) is 11.8. The summed E-state index contributed by atoms with van der Waals surface area (Å²) in [6.07, 6.45) is 5.17. The van der Waals surface area contributed by atoms with Crippen LogP contribution in [0.3, 0.4) is 0 Å². The molecule has 1 amide bonds. The van der Waals surface area contributed by atoms with Crippen LogP contribution in [-0.2, 0) is 4.79 Å². The zero-order chi connectivity index (χ0) is 22.1. The summed E-state index contributed by atoms with van der Waals surface area (Å²) < 4.78 is 0. The van der Waals surface area contributed by atoms with E-state index in [1.807, 2.05) is 29.2 Å². The molecule has 0 bridgehead atoms. The molecule has 3 heterocycles. The highest BCUT2D eigenvalue weighted by atomic mass is 35.5. The van der Waals surface area contributed by atoms with Gasteiger partial charge in [0.05, 0.1) is 22.3 Å². The van der Waals surface area contributed by atoms with Gasteiger partial charge < -0.3 is 14.8 Å². The van der Waals surface area contributed by atoms with E-state index in [-0.39, 0.29) is 5.91 Å². The Morgan fingerprint density at radius 2 is 1.69 bits per heavy atom. The fraction of sp³-hybridized carbons (Fsp3) is 0.320. The van der Waals surface area contributed by atoms with Crippen LogP contribution >= 0.6 is 23.2 Å². The van der Waals surface area contributed by atoms with Crippen LogP contribution in [0.4, 0.5) is 5.69 Å². The van der Waals surface area contributed by atoms with Gasteiger partial charge in [0.2, 0.25) is 5.91 Å². The van der Waals surface area contributed by atoms with Crippen molar-refractivity contribution in [1.29, 1.82) is 0 Å². The number of para-hydroxylation sites is 2. The number of amides is 1. The summed E-state index contributed by atoms with van der Waals surface area (Å²) in [5, 5.41) is 2.59. The molecule has 1 aromatic heterocycles. The second kappa shape index (κ2) is 9.18. The highest BCUT2D eigenvalue weighted by Gasteiger charge is 2.25. The number of anilines is 1. The van der Waals surface area contributed by atoms with Crippen LogP contribution < -0.4 is 4.90 Å². The number of benzene rings is 2. The minimum Gasteiger partial charge on any atom is -0.367 e. The molecule has 3 aromatic rings. The van der Waals surface area contributed by atoms with Crippen molar-refractivity contribution in [2.45, 2.75) is 6.42 Å². The molecule has 1 saturated heterocycles. The SMILES string of the molecule is O=C(CN1CCN(c2c(Cl)cccc2Cl)CC1)N1CC=C(c2c[nH]c3ccccc23)CC1. The van der Waals surface area contributed by atoms with Crippen molar-refractivity contribution in [2.75, 3.05) is 50.7 Å². The Morgan fingerprint density at radius 3 is 2.41 bits per heavy atom. The zero-order valence-electron chi connectivity index (χ0n) is 17.9. The molecule has 0 aliphatic carbocycles. The number of carbonyl (C=O) groups is 1. The van der Waals surface area contributed by atoms with Crippen molar-refractivity contribution >= 4 is 51.3 Å². The largest absolute Gasteiger partial charge is 0.367 e. The quantitative estimate of drug-likeness (QED) is 0.591. The van der Waals surface area contributed by atoms with Crippen LogP contribution in [0.2, 0.25) is 10.0 Å². The van der Waals surface area contributed by atoms with Crippen LogP contribution in [-0.4, -0.2) is 66.5 Å². The topological polar surface area (TPSA) is 42.6 Å². The number of halogens is 2. The highest BCUT2D eigenvalue weighted by molar-refractivity contribution is 6.39. The molecule has 1 fully saturated rings. The number of rotatable bonds is 4. The van der Waals surface area contributed by atoms with Crippen molar-refractivity contribution in [3.8, 4) is 0 Å². The van der Waals surface area contributed by atoms with Gasteiger partial charge in [0.15, 0.2) is 0 Å². The van der Waals surface area contributed by atoms with Gasteiger partial charge in [0, 0.05) is 61.9 Å². The zero-order valence-corrected chi connectivity index (χ0v) is 19.4. The van der Waals surface area contributed by atoms with E-state index in [0.717, 1.165) is 50.3 Å². The fourth-order valence-electron chi connectivity index (χ4n) is 4.69. The first-order valence-electron chi connectivity index (χ1n) is 11.0. The smallest absolute Gasteiger partial charge is 0.237 e. The summed E-state index contributed by atoms with van der Waals surface area (Å²) in [6, 6.07) is 14.0. The highest BCUT2D eigenvalue weighted by Crippen LogP contribution is 2.34. The number of aromatic nitrogens is 1. The van der Waals surface area contributed by atoms with Crippen molar-refractivity contribution in [2.24, 2.45) is 0 Å². The van der Waals surface area contributed by atoms with Gasteiger partial charge in [-0.25, -0.2) is 0 Å². The van der Waals surface area contributed by atoms with Gasteiger partial charge in [-0.2, -0.15) is 0 Å². The summed E-state index contributed by atoms with van der Waals surface area (Å²) in [5.41, 5.74) is 4.62. The predicted molar refractivity (Wildman–Crippen MR) is 133 cm³/mol. The van der Waals surface area contributed by atoms with E-state index in [4.69, 9.17) is 23.2 Å². The normalized spacial score (nSPS) is 17.6. The number of H-pyrrole nitrogens is 1. The molecular weight excluding hydrogens is 443 g/mol. The average molecular weight is 469 g/mol. The molecule has 5 nitrogen and oxygen atoms in total. The van der Waals surface area contributed by atoms with Crippen molar-refractivity contribution < 1.29 is 4.79 Å². The Kier molecular flexibility index (Phi) is 6.13. The summed E-state index contributed by atoms with van der Waals surface area (Å²) in [5.74, 6) is 0.198. The van der Waals surface area contributed by atoms with Crippen LogP contribution in [0.5, 0.6) is 0 Å². The first-order chi connectivity index (χ1) is 15.6. The molecule has 2 aliphatic heterocycles. The second-order valence-corrected chi connectivity index (χ2v) is 9.21. The van der Waals surface area contributed by atoms with Crippen LogP contribution in [0, 0.1) is 0 Å². The van der Waals surface area contributed by atoms with Gasteiger partial charge in [-0.05, 0) is 30.2 Å². The number of carbonyl (C=O) groups excluding carboxylic acids is 1. The van der Waals surface area contributed by atoms with E-state index in [2.05, 4.69) is 45.3 Å². The lowest BCUT2D eigenvalue weighted by Gasteiger charge is -2.37. The van der Waals surface area contributed by atoms with Crippen molar-refractivity contribution in [3.05, 3.63) is 70.3 Å². The molecule has 32 heavy (non-hydrogen) atoms. The Morgan fingerprint density at radius 1 is 0.938 bits per heavy atom. The second-order valence-electron chi connectivity index (χ2n) is 8.40. The number of aromatic amines is 1. The van der Waals surface area contributed by atoms with Gasteiger partial charge in [-0.1, -0.05) is 53.5 Å². The van der Waals surface area contributed by atoms with E-state index in [0.29, 0.717) is 23.1 Å². The molecule has 2 aliphatic rings. The third kappa shape index (κ3) is 4.25. The number of hydrogen-bond donors (Lipinski definition) is 1. The fourth-order valence-corrected chi connectivity index (χ4v) is 5.33. The average Bonchev–Trinajstić information content (AvgIpc) is 3.24. The summed E-state index contributed by atoms with van der Waals surface area (Å²) >= 11 is 12.7. The van der Waals surface area contributed by atoms with Gasteiger partial charge in [-0.3, -0.25) is 9.69 Å². The lowest BCUT2D eigenvalue weighted by atomic mass is 9.99. The first kappa shape index (κ1) is 21.4. The molecule has 0 spiro atoms. The molecular formula is C25H26Cl2N4O. The maximum atomic E-state index is 12.9. The lowest BCUT2D eigenvalue weighted by molar-refractivity contribution is -0.132. The Bertz CT molecular complexity index is 1140. The number of piperazine rings is 1. The van der Waals surface area contributed by atoms with Crippen LogP contribution in [0.15, 0.2) is 54.7 Å². The number of nitrogens with one attached hydrogen (secondary N) is 1. The van der Waals surface area contributed by atoms with Gasteiger partial charge in [-0.15, -0.1) is 0 Å². The molecule has 2 aromatic carbocycles. The molecule has 0 radical (unpaired) electrons. The number of nitrogens with zero attached hydrogens (tertiary/aromatic N) is 3. The predicted octanol–water partition coefficient (Wildman–Crippen LogP) is 4.91. The van der Waals surface area contributed by atoms with E-state index >= 15 is 0 Å².